The predicted octanol–water partition coefficient (Wildman–Crippen LogP) is 5.39. The van der Waals surface area contributed by atoms with E-state index in [9.17, 15) is 57.3 Å². The van der Waals surface area contributed by atoms with Crippen LogP contribution in [0.4, 0.5) is 39.5 Å². The number of ketones is 1. The first-order chi connectivity index (χ1) is 15.8. The minimum Gasteiger partial charge on any atom is -0.743 e. The van der Waals surface area contributed by atoms with Gasteiger partial charge >= 0.3 is 23.3 Å². The second kappa shape index (κ2) is 10.2. The molecule has 0 unspecified atom stereocenters. The number of halogens is 9. The van der Waals surface area contributed by atoms with Gasteiger partial charge in [0.05, 0.1) is 0 Å². The molecule has 2 aromatic carbocycles. The summed E-state index contributed by atoms with van der Waals surface area (Å²) in [6.45, 7) is 0. The minimum absolute atomic E-state index is 0.331. The second-order valence-electron chi connectivity index (χ2n) is 7.44. The molecule has 1 heterocycles. The van der Waals surface area contributed by atoms with Crippen molar-refractivity contribution in [3.05, 3.63) is 48.0 Å². The molecule has 1 saturated heterocycles. The summed E-state index contributed by atoms with van der Waals surface area (Å²) < 4.78 is 135. The normalized spacial score (nSPS) is 16.2. The van der Waals surface area contributed by atoms with Crippen molar-refractivity contribution < 1.29 is 57.3 Å². The molecule has 0 atom stereocenters. The van der Waals surface area contributed by atoms with Crippen LogP contribution in [0.1, 0.15) is 23.2 Å². The molecule has 35 heavy (non-hydrogen) atoms. The third-order valence-corrected chi connectivity index (χ3v) is 8.26. The summed E-state index contributed by atoms with van der Waals surface area (Å²) >= 11 is 0. The van der Waals surface area contributed by atoms with Crippen LogP contribution in [0, 0.1) is 0 Å². The first kappa shape index (κ1) is 29.2. The van der Waals surface area contributed by atoms with E-state index >= 15 is 0 Å². The van der Waals surface area contributed by atoms with Crippen LogP contribution in [0.5, 0.6) is 0 Å². The monoisotopic (exact) mass is 556 g/mol. The van der Waals surface area contributed by atoms with Gasteiger partial charge < -0.3 is 4.55 Å². The molecule has 1 aliphatic heterocycles. The number of hydrogen-bond acceptors (Lipinski definition) is 4. The molecule has 0 radical (unpaired) electrons. The molecule has 15 heteroatoms. The SMILES string of the molecule is O=C(C[S+]1CCCC1)c1cccc2ccccc12.O=S(=O)([O-])C(F)(F)C(F)(F)C(F)(F)C(F)(F)F. The van der Waals surface area contributed by atoms with Crippen molar-refractivity contribution in [2.45, 2.75) is 36.1 Å². The molecule has 0 aliphatic carbocycles. The van der Waals surface area contributed by atoms with E-state index in [0.717, 1.165) is 22.1 Å². The molecule has 1 aliphatic rings. The Morgan fingerprint density at radius 2 is 1.34 bits per heavy atom. The lowest BCUT2D eigenvalue weighted by Crippen LogP contribution is -2.63. The maximum atomic E-state index is 12.4. The van der Waals surface area contributed by atoms with Gasteiger partial charge in [0.25, 0.3) is 0 Å². The third kappa shape index (κ3) is 5.88. The van der Waals surface area contributed by atoms with Crippen LogP contribution >= 0.6 is 0 Å². The van der Waals surface area contributed by atoms with Gasteiger partial charge in [0, 0.05) is 5.56 Å². The zero-order chi connectivity index (χ0) is 26.9. The van der Waals surface area contributed by atoms with Crippen molar-refractivity contribution >= 4 is 37.6 Å². The summed E-state index contributed by atoms with van der Waals surface area (Å²) in [6, 6.07) is 14.2. The lowest BCUT2D eigenvalue weighted by atomic mass is 10.0. The van der Waals surface area contributed by atoms with Crippen molar-refractivity contribution in [3.8, 4) is 0 Å². The standard InChI is InChI=1S/C16H17OS.C4HF9O3S/c17-16(12-18-10-3-4-11-18)15-9-5-7-13-6-1-2-8-14(13)15;5-1(6,3(9,10)11)2(7,8)4(12,13)17(14,15)16/h1-2,5-9H,3-4,10-12H2;(H,14,15,16)/q+1;/p-1. The number of hydrogen-bond donors (Lipinski definition) is 0. The van der Waals surface area contributed by atoms with Crippen LogP contribution in [-0.4, -0.2) is 59.3 Å². The van der Waals surface area contributed by atoms with E-state index in [1.165, 1.54) is 24.3 Å². The Morgan fingerprint density at radius 3 is 1.86 bits per heavy atom. The fourth-order valence-corrected chi connectivity index (χ4v) is 5.79. The fourth-order valence-electron chi connectivity index (χ4n) is 3.11. The third-order valence-electron chi connectivity index (χ3n) is 4.97. The highest BCUT2D eigenvalue weighted by atomic mass is 32.2. The highest BCUT2D eigenvalue weighted by Gasteiger charge is 2.83. The van der Waals surface area contributed by atoms with Crippen molar-refractivity contribution in [1.82, 2.24) is 0 Å². The zero-order valence-electron chi connectivity index (χ0n) is 17.4. The molecule has 0 N–H and O–H groups in total. The Hall–Kier alpha value is -2.00. The topological polar surface area (TPSA) is 74.3 Å². The van der Waals surface area contributed by atoms with Gasteiger partial charge in [0.1, 0.15) is 11.5 Å². The maximum Gasteiger partial charge on any atom is 0.460 e. The number of fused-ring (bicyclic) bond motifs is 1. The molecular weight excluding hydrogens is 539 g/mol. The predicted molar refractivity (Wildman–Crippen MR) is 110 cm³/mol. The van der Waals surface area contributed by atoms with E-state index in [2.05, 4.69) is 18.2 Å². The smallest absolute Gasteiger partial charge is 0.460 e. The Balaban J connectivity index is 0.000000248. The van der Waals surface area contributed by atoms with Gasteiger partial charge in [-0.25, -0.2) is 8.42 Å². The molecule has 2 aromatic rings. The largest absolute Gasteiger partial charge is 0.743 e. The summed E-state index contributed by atoms with van der Waals surface area (Å²) in [5.74, 6) is -11.2. The van der Waals surface area contributed by atoms with E-state index in [1.54, 1.807) is 0 Å². The first-order valence-electron chi connectivity index (χ1n) is 9.65. The lowest BCUT2D eigenvalue weighted by Gasteiger charge is -2.34. The molecule has 0 bridgehead atoms. The highest BCUT2D eigenvalue weighted by Crippen LogP contribution is 2.54. The average molecular weight is 556 g/mol. The Morgan fingerprint density at radius 1 is 0.829 bits per heavy atom. The zero-order valence-corrected chi connectivity index (χ0v) is 19.1. The Labute approximate surface area is 196 Å². The maximum absolute atomic E-state index is 12.4. The van der Waals surface area contributed by atoms with Gasteiger partial charge in [-0.3, -0.25) is 4.79 Å². The summed E-state index contributed by atoms with van der Waals surface area (Å²) in [4.78, 5) is 12.4. The molecule has 3 rings (SSSR count). The molecule has 4 nitrogen and oxygen atoms in total. The van der Waals surface area contributed by atoms with Gasteiger partial charge in [-0.1, -0.05) is 42.5 Å². The molecular formula is C20H17F9O4S2. The molecule has 0 aromatic heterocycles. The van der Waals surface area contributed by atoms with Crippen molar-refractivity contribution in [2.75, 3.05) is 17.3 Å². The Kier molecular flexibility index (Phi) is 8.49. The van der Waals surface area contributed by atoms with Crippen LogP contribution in [-0.2, 0) is 21.0 Å². The van der Waals surface area contributed by atoms with Crippen LogP contribution in [0.2, 0.25) is 0 Å². The quantitative estimate of drug-likeness (QED) is 0.207. The number of carbonyl (C=O) groups excluding carboxylic acids is 1. The van der Waals surface area contributed by atoms with Crippen LogP contribution in [0.3, 0.4) is 0 Å². The van der Waals surface area contributed by atoms with E-state index < -0.39 is 33.4 Å². The van der Waals surface area contributed by atoms with E-state index in [0.29, 0.717) is 16.7 Å². The molecule has 0 amide bonds. The average Bonchev–Trinajstić information content (AvgIpc) is 3.25. The van der Waals surface area contributed by atoms with Crippen LogP contribution in [0.15, 0.2) is 42.5 Å². The van der Waals surface area contributed by atoms with Crippen LogP contribution in [0.25, 0.3) is 10.8 Å². The first-order valence-corrected chi connectivity index (χ1v) is 12.8. The van der Waals surface area contributed by atoms with Gasteiger partial charge in [-0.2, -0.15) is 39.5 Å². The molecule has 0 spiro atoms. The number of alkyl halides is 9. The fraction of sp³-hybridized carbons (Fsp3) is 0.450. The number of carbonyl (C=O) groups is 1. The van der Waals surface area contributed by atoms with E-state index in [-0.39, 0.29) is 0 Å². The van der Waals surface area contributed by atoms with Gasteiger partial charge in [0.2, 0.25) is 5.78 Å². The molecule has 1 fully saturated rings. The van der Waals surface area contributed by atoms with E-state index in [1.807, 2.05) is 24.3 Å². The summed E-state index contributed by atoms with van der Waals surface area (Å²) in [6.07, 6.45) is -4.54. The van der Waals surface area contributed by atoms with Gasteiger partial charge in [-0.05, 0) is 34.5 Å². The highest BCUT2D eigenvalue weighted by molar-refractivity contribution is 7.97. The summed E-state index contributed by atoms with van der Waals surface area (Å²) in [5.41, 5.74) is 0.910. The van der Waals surface area contributed by atoms with E-state index in [4.69, 9.17) is 0 Å². The van der Waals surface area contributed by atoms with Crippen molar-refractivity contribution in [3.63, 3.8) is 0 Å². The summed E-state index contributed by atoms with van der Waals surface area (Å²) in [5, 5.41) is -4.84. The number of Topliss-reactive ketones (excluding diaryl/α,β-unsaturated/α-hetero) is 1. The number of benzene rings is 2. The van der Waals surface area contributed by atoms with Crippen molar-refractivity contribution in [1.29, 1.82) is 0 Å². The lowest BCUT2D eigenvalue weighted by molar-refractivity contribution is -0.382. The molecule has 0 saturated carbocycles. The van der Waals surface area contributed by atoms with Gasteiger partial charge in [0.15, 0.2) is 15.9 Å². The van der Waals surface area contributed by atoms with Crippen molar-refractivity contribution in [2.24, 2.45) is 0 Å². The molecule has 196 valence electrons. The number of rotatable bonds is 6. The minimum atomic E-state index is -7.43. The van der Waals surface area contributed by atoms with Crippen LogP contribution < -0.4 is 0 Å². The van der Waals surface area contributed by atoms with Gasteiger partial charge in [-0.15, -0.1) is 0 Å². The second-order valence-corrected chi connectivity index (χ2v) is 11.2. The summed E-state index contributed by atoms with van der Waals surface area (Å²) in [7, 11) is -7.07. The Bertz CT molecular complexity index is 1150.